The van der Waals surface area contributed by atoms with Crippen molar-refractivity contribution in [1.29, 1.82) is 0 Å². The van der Waals surface area contributed by atoms with Crippen LogP contribution in [0.5, 0.6) is 0 Å². The van der Waals surface area contributed by atoms with Crippen LogP contribution < -0.4 is 16.0 Å². The third-order valence-electron chi connectivity index (χ3n) is 22.9. The van der Waals surface area contributed by atoms with Gasteiger partial charge in [-0.2, -0.15) is 26.3 Å². The van der Waals surface area contributed by atoms with Gasteiger partial charge in [-0.15, -0.1) is 0 Å². The third kappa shape index (κ3) is 20.5. The average Bonchev–Trinajstić information content (AvgIpc) is 1.60. The smallest absolute Gasteiger partial charge is 0.343 e. The molecule has 0 aromatic rings. The molecule has 7 fully saturated rings. The number of rotatable bonds is 10. The molecule has 4 saturated carbocycles. The molecule has 10 atom stereocenters. The van der Waals surface area contributed by atoms with Gasteiger partial charge in [0.1, 0.15) is 66.1 Å². The summed E-state index contributed by atoms with van der Waals surface area (Å²) in [5, 5.41) is 8.03. The lowest BCUT2D eigenvalue weighted by Crippen LogP contribution is -2.65. The van der Waals surface area contributed by atoms with E-state index in [-0.39, 0.29) is 76.9 Å². The summed E-state index contributed by atoms with van der Waals surface area (Å²) < 4.78 is 116. The normalized spacial score (nSPS) is 30.5. The fraction of sp³-hybridized carbons (Fsp3) is 0.829. The average molecular weight is 1460 g/mol. The van der Waals surface area contributed by atoms with E-state index in [1.165, 1.54) is 63.9 Å². The number of carbonyl (C=O) groups excluding carboxylic acids is 12. The number of hydrogen-bond acceptors (Lipinski definition) is 12. The second-order valence-corrected chi connectivity index (χ2v) is 30.2. The molecular formula is C70H108F8N12O12. The summed E-state index contributed by atoms with van der Waals surface area (Å²) in [6, 6.07) is -11.1. The van der Waals surface area contributed by atoms with Crippen molar-refractivity contribution in [2.75, 3.05) is 88.6 Å². The summed E-state index contributed by atoms with van der Waals surface area (Å²) in [6.07, 6.45) is -11.0. The van der Waals surface area contributed by atoms with E-state index in [9.17, 15) is 64.7 Å². The number of amides is 12. The van der Waals surface area contributed by atoms with E-state index in [2.05, 4.69) is 16.0 Å². The number of halogens is 8. The van der Waals surface area contributed by atoms with Crippen LogP contribution in [0.2, 0.25) is 0 Å². The first-order valence-corrected chi connectivity index (χ1v) is 36.6. The lowest BCUT2D eigenvalue weighted by molar-refractivity contribution is -0.219. The number of nitrogens with one attached hydrogen (secondary N) is 3. The predicted octanol–water partition coefficient (Wildman–Crippen LogP) is 5.68. The van der Waals surface area contributed by atoms with Crippen molar-refractivity contribution in [3.05, 3.63) is 0 Å². The fourth-order valence-electron chi connectivity index (χ4n) is 16.5. The van der Waals surface area contributed by atoms with Crippen LogP contribution in [0.25, 0.3) is 0 Å². The van der Waals surface area contributed by atoms with E-state index in [1.54, 1.807) is 6.92 Å². The van der Waals surface area contributed by atoms with Gasteiger partial charge in [-0.1, -0.05) is 84.5 Å². The van der Waals surface area contributed by atoms with Crippen molar-refractivity contribution in [1.82, 2.24) is 60.0 Å². The predicted molar refractivity (Wildman–Crippen MR) is 357 cm³/mol. The molecule has 0 bridgehead atoms. The van der Waals surface area contributed by atoms with Gasteiger partial charge in [-0.3, -0.25) is 57.5 Å². The highest BCUT2D eigenvalue weighted by Crippen LogP contribution is 2.45. The lowest BCUT2D eigenvalue weighted by Gasteiger charge is -2.43. The molecular weight excluding hydrogens is 1350 g/mol. The number of carbonyl (C=O) groups is 12. The minimum Gasteiger partial charge on any atom is -0.343 e. The standard InChI is InChI=1S/C70H108F8N12O12/c1-10-42(2)58-65(100)84(5)40-55(93)82(3)41-56(94)85(6)50(36-43-22-13-11-14-23-43)63(98)83(4)39-53(91)79-48(28-27-44-34-46(71)57(47(72)35-44)70(76,77)78)62(97)90-33-21-26-49(90)61(96)81-68(29-17-18-30-68)67(102)88(9)59(45-24-15-12-16-25-45)66(101)87(8)51(64(99)89-31-19-20-32-89)37-54(92)86(7)52(60(95)80-58)38-69(73,74)75/h42-52,57-59H,10-41H2,1-9H3,(H,79,91)(H,80,95)(H,81,96)/t42-,44?,46?,47?,48-,49-,50-,51-,52-,57?,58-,59-/m0/s1. The molecule has 3 N–H and O–H groups in total. The van der Waals surface area contributed by atoms with Crippen LogP contribution in [0.15, 0.2) is 0 Å². The van der Waals surface area contributed by atoms with Crippen LogP contribution in [0.3, 0.4) is 0 Å². The molecule has 102 heavy (non-hydrogen) atoms. The highest BCUT2D eigenvalue weighted by Gasteiger charge is 2.55. The minimum absolute atomic E-state index is 0.0356. The number of likely N-dealkylation sites (tertiary alicyclic amines) is 1. The van der Waals surface area contributed by atoms with Crippen LogP contribution in [-0.2, 0) is 57.5 Å². The van der Waals surface area contributed by atoms with Gasteiger partial charge in [0.25, 0.3) is 0 Å². The Morgan fingerprint density at radius 1 is 0.559 bits per heavy atom. The van der Waals surface area contributed by atoms with Crippen LogP contribution in [-0.4, -0.2) is 276 Å². The van der Waals surface area contributed by atoms with E-state index in [4.69, 9.17) is 0 Å². The summed E-state index contributed by atoms with van der Waals surface area (Å²) in [4.78, 5) is 187. The van der Waals surface area contributed by atoms with Crippen molar-refractivity contribution < 1.29 is 92.7 Å². The fourth-order valence-corrected chi connectivity index (χ4v) is 16.5. The number of alkyl halides is 8. The van der Waals surface area contributed by atoms with Crippen LogP contribution in [0.1, 0.15) is 181 Å². The van der Waals surface area contributed by atoms with E-state index in [0.29, 0.717) is 69.1 Å². The number of hydrogen-bond donors (Lipinski definition) is 3. The Kier molecular flexibility index (Phi) is 28.8. The highest BCUT2D eigenvalue weighted by atomic mass is 19.4. The summed E-state index contributed by atoms with van der Waals surface area (Å²) in [6.45, 7) is 1.39. The summed E-state index contributed by atoms with van der Waals surface area (Å²) in [5.41, 5.74) is -1.70. The summed E-state index contributed by atoms with van der Waals surface area (Å²) in [7, 11) is 8.66. The molecule has 576 valence electrons. The van der Waals surface area contributed by atoms with Gasteiger partial charge in [0.2, 0.25) is 70.9 Å². The molecule has 0 radical (unpaired) electrons. The Morgan fingerprint density at radius 2 is 1.13 bits per heavy atom. The first-order chi connectivity index (χ1) is 47.9. The Morgan fingerprint density at radius 3 is 1.71 bits per heavy atom. The molecule has 3 heterocycles. The van der Waals surface area contributed by atoms with Gasteiger partial charge in [-0.25, -0.2) is 8.78 Å². The minimum atomic E-state index is -5.18. The first kappa shape index (κ1) is 82.4. The van der Waals surface area contributed by atoms with Crippen LogP contribution in [0.4, 0.5) is 35.1 Å². The molecule has 7 rings (SSSR count). The second kappa shape index (κ2) is 35.7. The zero-order valence-electron chi connectivity index (χ0n) is 60.7. The maximum atomic E-state index is 15.6. The van der Waals surface area contributed by atoms with Crippen molar-refractivity contribution >= 4 is 70.9 Å². The van der Waals surface area contributed by atoms with E-state index in [1.807, 2.05) is 0 Å². The molecule has 1 spiro atoms. The Bertz CT molecular complexity index is 2990. The van der Waals surface area contributed by atoms with Gasteiger partial charge < -0.3 is 60.0 Å². The molecule has 3 aliphatic heterocycles. The second-order valence-electron chi connectivity index (χ2n) is 30.2. The van der Waals surface area contributed by atoms with Crippen molar-refractivity contribution in [3.63, 3.8) is 0 Å². The molecule has 7 aliphatic rings. The monoisotopic (exact) mass is 1460 g/mol. The molecule has 2 unspecified atom stereocenters. The Hall–Kier alpha value is -6.92. The molecule has 0 aromatic heterocycles. The van der Waals surface area contributed by atoms with E-state index < -0.39 is 212 Å². The SMILES string of the molecule is CC[C@H](C)[C@@H]1NC(=O)[C@H](CC(F)(F)F)N(C)C(=O)C[C@@H](C(=O)N2CCCC2)N(C)C(=O)[C@H](C2CCCCC2)N(C)C(=O)C2(CCCC2)NC(=O)[C@@H]2CCCN2C(=O)[C@H](CCC2CC(F)C(C(F)(F)F)C(F)C2)NC(=O)CN(C)C(=O)[C@H](CC2CCCCC2)N(C)C(=O)CN(C)C(=O)CN(C)C1=O. The zero-order valence-corrected chi connectivity index (χ0v) is 60.7. The van der Waals surface area contributed by atoms with Gasteiger partial charge in [0, 0.05) is 69.0 Å². The van der Waals surface area contributed by atoms with Gasteiger partial charge in [0.05, 0.1) is 32.5 Å². The van der Waals surface area contributed by atoms with Crippen LogP contribution >= 0.6 is 0 Å². The molecule has 0 aromatic carbocycles. The maximum absolute atomic E-state index is 15.6. The maximum Gasteiger partial charge on any atom is 0.397 e. The Labute approximate surface area is 593 Å². The quantitative estimate of drug-likeness (QED) is 0.223. The van der Waals surface area contributed by atoms with Gasteiger partial charge in [0.15, 0.2) is 0 Å². The van der Waals surface area contributed by atoms with Gasteiger partial charge >= 0.3 is 12.4 Å². The first-order valence-electron chi connectivity index (χ1n) is 36.6. The number of fused-ring (bicyclic) bond motifs is 1. The molecule has 3 saturated heterocycles. The number of likely N-dealkylation sites (N-methyl/N-ethyl adjacent to an activating group) is 7. The molecule has 12 amide bonds. The number of nitrogens with zero attached hydrogens (tertiary/aromatic N) is 9. The third-order valence-corrected chi connectivity index (χ3v) is 22.9. The summed E-state index contributed by atoms with van der Waals surface area (Å²) in [5.74, 6) is -15.9. The van der Waals surface area contributed by atoms with Crippen LogP contribution in [0, 0.1) is 29.6 Å². The highest BCUT2D eigenvalue weighted by molar-refractivity contribution is 6.00. The van der Waals surface area contributed by atoms with Crippen molar-refractivity contribution in [2.24, 2.45) is 29.6 Å². The van der Waals surface area contributed by atoms with Crippen molar-refractivity contribution in [2.45, 2.75) is 253 Å². The van der Waals surface area contributed by atoms with E-state index in [0.717, 1.165) is 57.2 Å². The van der Waals surface area contributed by atoms with Gasteiger partial charge in [-0.05, 0) is 107 Å². The van der Waals surface area contributed by atoms with Crippen molar-refractivity contribution in [3.8, 4) is 0 Å². The Balaban J connectivity index is 1.28. The largest absolute Gasteiger partial charge is 0.397 e. The van der Waals surface area contributed by atoms with E-state index >= 15 is 28.0 Å². The zero-order chi connectivity index (χ0) is 75.5. The lowest BCUT2D eigenvalue weighted by atomic mass is 9.76. The molecule has 24 nitrogen and oxygen atoms in total. The summed E-state index contributed by atoms with van der Waals surface area (Å²) >= 11 is 0. The topological polar surface area (TPSA) is 270 Å². The molecule has 32 heteroatoms. The molecule has 4 aliphatic carbocycles.